The van der Waals surface area contributed by atoms with Crippen LogP contribution in [0.15, 0.2) is 47.6 Å². The van der Waals surface area contributed by atoms with E-state index < -0.39 is 0 Å². The zero-order valence-electron chi connectivity index (χ0n) is 7.22. The van der Waals surface area contributed by atoms with Gasteiger partial charge in [0.1, 0.15) is 0 Å². The van der Waals surface area contributed by atoms with Crippen molar-refractivity contribution in [2.24, 2.45) is 0 Å². The summed E-state index contributed by atoms with van der Waals surface area (Å²) in [4.78, 5) is 0. The van der Waals surface area contributed by atoms with Crippen molar-refractivity contribution in [2.75, 3.05) is 0 Å². The summed E-state index contributed by atoms with van der Waals surface area (Å²) >= 11 is 0. The molecule has 11 heavy (non-hydrogen) atoms. The van der Waals surface area contributed by atoms with Gasteiger partial charge in [-0.15, -0.1) is 0 Å². The van der Waals surface area contributed by atoms with Crippen molar-refractivity contribution >= 4 is 0 Å². The van der Waals surface area contributed by atoms with E-state index in [1.807, 2.05) is 0 Å². The summed E-state index contributed by atoms with van der Waals surface area (Å²) in [5, 5.41) is 0. The van der Waals surface area contributed by atoms with Crippen LogP contribution in [0.5, 0.6) is 0 Å². The molecule has 0 unspecified atom stereocenters. The van der Waals surface area contributed by atoms with Crippen LogP contribution in [-0.4, -0.2) is 0 Å². The molecular formula is C11H14. The first-order valence-corrected chi connectivity index (χ1v) is 3.94. The second-order valence-corrected chi connectivity index (χ2v) is 2.81. The van der Waals surface area contributed by atoms with Crippen LogP contribution in [0.2, 0.25) is 0 Å². The Morgan fingerprint density at radius 1 is 1.64 bits per heavy atom. The Labute approximate surface area is 68.6 Å². The van der Waals surface area contributed by atoms with Gasteiger partial charge in [-0.05, 0) is 31.4 Å². The quantitative estimate of drug-likeness (QED) is 0.532. The summed E-state index contributed by atoms with van der Waals surface area (Å²) in [7, 11) is 0. The molecule has 1 aliphatic carbocycles. The zero-order chi connectivity index (χ0) is 8.27. The smallest absolute Gasteiger partial charge is 0.00916 e. The molecular weight excluding hydrogens is 132 g/mol. The van der Waals surface area contributed by atoms with Crippen molar-refractivity contribution in [2.45, 2.75) is 20.3 Å². The summed E-state index contributed by atoms with van der Waals surface area (Å²) in [6.45, 7) is 8.06. The highest BCUT2D eigenvalue weighted by Gasteiger charge is 2.04. The minimum Gasteiger partial charge on any atom is -0.0955 e. The third-order valence-corrected chi connectivity index (χ3v) is 1.89. The molecule has 0 bridgehead atoms. The summed E-state index contributed by atoms with van der Waals surface area (Å²) in [5.74, 6) is 0. The molecule has 0 amide bonds. The molecule has 0 heterocycles. The molecule has 0 aromatic rings. The van der Waals surface area contributed by atoms with Gasteiger partial charge in [-0.25, -0.2) is 0 Å². The van der Waals surface area contributed by atoms with Crippen LogP contribution >= 0.6 is 0 Å². The Bertz CT molecular complexity index is 249. The minimum absolute atomic E-state index is 1.05. The van der Waals surface area contributed by atoms with Crippen LogP contribution in [-0.2, 0) is 0 Å². The molecule has 0 N–H and O–H groups in total. The topological polar surface area (TPSA) is 0 Å². The molecule has 1 rings (SSSR count). The van der Waals surface area contributed by atoms with Crippen molar-refractivity contribution in [3.05, 3.63) is 47.6 Å². The van der Waals surface area contributed by atoms with Gasteiger partial charge in [0.2, 0.25) is 0 Å². The maximum Gasteiger partial charge on any atom is -0.00916 e. The second-order valence-electron chi connectivity index (χ2n) is 2.81. The summed E-state index contributed by atoms with van der Waals surface area (Å²) < 4.78 is 0. The first-order valence-electron chi connectivity index (χ1n) is 3.94. The molecule has 1 aliphatic rings. The van der Waals surface area contributed by atoms with E-state index in [2.05, 4.69) is 44.7 Å². The van der Waals surface area contributed by atoms with E-state index in [4.69, 9.17) is 0 Å². The van der Waals surface area contributed by atoms with Gasteiger partial charge in [0.05, 0.1) is 0 Å². The predicted molar refractivity (Wildman–Crippen MR) is 50.4 cm³/mol. The molecule has 0 heteroatoms. The number of allylic oxidation sites excluding steroid dienone is 7. The molecule has 0 spiro atoms. The lowest BCUT2D eigenvalue weighted by molar-refractivity contribution is 1.18. The standard InChI is InChI=1S/C11H14/c1-4-10-7-5-6-8-11(10)9(2)3/h4-6,8H,2,7H2,1,3H3/b10-4+. The third kappa shape index (κ3) is 1.70. The lowest BCUT2D eigenvalue weighted by Gasteiger charge is -2.12. The van der Waals surface area contributed by atoms with Gasteiger partial charge in [0.15, 0.2) is 0 Å². The average Bonchev–Trinajstić information content (AvgIpc) is 2.04. The lowest BCUT2D eigenvalue weighted by atomic mass is 9.93. The van der Waals surface area contributed by atoms with E-state index in [0.29, 0.717) is 0 Å². The minimum atomic E-state index is 1.05. The molecule has 0 aliphatic heterocycles. The maximum absolute atomic E-state index is 3.93. The Hall–Kier alpha value is -1.04. The Balaban J connectivity index is 2.97. The molecule has 0 fully saturated rings. The summed E-state index contributed by atoms with van der Waals surface area (Å²) in [6.07, 6.45) is 9.60. The first-order chi connectivity index (χ1) is 5.25. The average molecular weight is 146 g/mol. The number of hydrogen-bond donors (Lipinski definition) is 0. The van der Waals surface area contributed by atoms with E-state index in [-0.39, 0.29) is 0 Å². The zero-order valence-corrected chi connectivity index (χ0v) is 7.22. The maximum atomic E-state index is 3.93. The fraction of sp³-hybridized carbons (Fsp3) is 0.273. The molecule has 0 aromatic carbocycles. The van der Waals surface area contributed by atoms with Crippen molar-refractivity contribution in [1.82, 2.24) is 0 Å². The van der Waals surface area contributed by atoms with Crippen LogP contribution in [0.25, 0.3) is 0 Å². The van der Waals surface area contributed by atoms with Gasteiger partial charge in [-0.1, -0.05) is 36.5 Å². The molecule has 0 aromatic heterocycles. The van der Waals surface area contributed by atoms with Crippen LogP contribution in [0.1, 0.15) is 20.3 Å². The Morgan fingerprint density at radius 2 is 2.36 bits per heavy atom. The molecule has 0 saturated carbocycles. The van der Waals surface area contributed by atoms with E-state index >= 15 is 0 Å². The SMILES string of the molecule is C=C(C)C1=CC=CC/C1=C\C. The Morgan fingerprint density at radius 3 is 2.82 bits per heavy atom. The first kappa shape index (κ1) is 8.06. The van der Waals surface area contributed by atoms with E-state index in [1.165, 1.54) is 11.1 Å². The van der Waals surface area contributed by atoms with Crippen LogP contribution in [0.4, 0.5) is 0 Å². The number of hydrogen-bond acceptors (Lipinski definition) is 0. The normalized spacial score (nSPS) is 20.2. The molecule has 0 atom stereocenters. The highest BCUT2D eigenvalue weighted by atomic mass is 14.1. The van der Waals surface area contributed by atoms with Gasteiger partial charge in [-0.2, -0.15) is 0 Å². The summed E-state index contributed by atoms with van der Waals surface area (Å²) in [5.41, 5.74) is 3.84. The lowest BCUT2D eigenvalue weighted by Crippen LogP contribution is -1.92. The predicted octanol–water partition coefficient (Wildman–Crippen LogP) is 3.40. The number of rotatable bonds is 1. The molecule has 0 radical (unpaired) electrons. The van der Waals surface area contributed by atoms with Crippen LogP contribution in [0.3, 0.4) is 0 Å². The fourth-order valence-electron chi connectivity index (χ4n) is 1.27. The van der Waals surface area contributed by atoms with Crippen molar-refractivity contribution in [1.29, 1.82) is 0 Å². The Kier molecular flexibility index (Phi) is 2.48. The monoisotopic (exact) mass is 146 g/mol. The van der Waals surface area contributed by atoms with Gasteiger partial charge >= 0.3 is 0 Å². The van der Waals surface area contributed by atoms with Crippen LogP contribution < -0.4 is 0 Å². The van der Waals surface area contributed by atoms with Gasteiger partial charge in [0, 0.05) is 0 Å². The van der Waals surface area contributed by atoms with Crippen LogP contribution in [0, 0.1) is 0 Å². The third-order valence-electron chi connectivity index (χ3n) is 1.89. The van der Waals surface area contributed by atoms with Crippen molar-refractivity contribution in [3.8, 4) is 0 Å². The molecule has 58 valence electrons. The highest BCUT2D eigenvalue weighted by molar-refractivity contribution is 5.49. The second kappa shape index (κ2) is 3.38. The fourth-order valence-corrected chi connectivity index (χ4v) is 1.27. The van der Waals surface area contributed by atoms with Gasteiger partial charge < -0.3 is 0 Å². The van der Waals surface area contributed by atoms with Gasteiger partial charge in [-0.3, -0.25) is 0 Å². The van der Waals surface area contributed by atoms with Crippen molar-refractivity contribution in [3.63, 3.8) is 0 Å². The summed E-state index contributed by atoms with van der Waals surface area (Å²) in [6, 6.07) is 0. The highest BCUT2D eigenvalue weighted by Crippen LogP contribution is 2.24. The molecule has 0 saturated heterocycles. The van der Waals surface area contributed by atoms with Gasteiger partial charge in [0.25, 0.3) is 0 Å². The molecule has 0 nitrogen and oxygen atoms in total. The van der Waals surface area contributed by atoms with Crippen molar-refractivity contribution < 1.29 is 0 Å². The van der Waals surface area contributed by atoms with E-state index in [0.717, 1.165) is 12.0 Å². The largest absolute Gasteiger partial charge is 0.0955 e. The van der Waals surface area contributed by atoms with E-state index in [9.17, 15) is 0 Å². The van der Waals surface area contributed by atoms with E-state index in [1.54, 1.807) is 0 Å².